The Labute approximate surface area is 172 Å². The summed E-state index contributed by atoms with van der Waals surface area (Å²) in [5.74, 6) is 0.0466. The number of rotatable bonds is 7. The van der Waals surface area contributed by atoms with Crippen LogP contribution in [0.2, 0.25) is 0 Å². The normalized spacial score (nSPS) is 18.3. The first kappa shape index (κ1) is 21.3. The van der Waals surface area contributed by atoms with Gasteiger partial charge in [-0.15, -0.1) is 0 Å². The largest absolute Gasteiger partial charge is 0.351 e. The van der Waals surface area contributed by atoms with Crippen molar-refractivity contribution in [3.63, 3.8) is 0 Å². The summed E-state index contributed by atoms with van der Waals surface area (Å²) >= 11 is 0. The van der Waals surface area contributed by atoms with Crippen molar-refractivity contribution in [1.29, 1.82) is 0 Å². The van der Waals surface area contributed by atoms with E-state index in [0.717, 1.165) is 31.2 Å². The molecule has 1 saturated heterocycles. The molecular formula is C22H32N4O3. The van der Waals surface area contributed by atoms with Crippen molar-refractivity contribution in [3.05, 3.63) is 35.9 Å². The van der Waals surface area contributed by atoms with Gasteiger partial charge in [0.25, 0.3) is 0 Å². The number of amides is 3. The van der Waals surface area contributed by atoms with E-state index in [9.17, 15) is 14.4 Å². The van der Waals surface area contributed by atoms with Crippen molar-refractivity contribution >= 4 is 17.7 Å². The third-order valence-electron chi connectivity index (χ3n) is 5.81. The fourth-order valence-corrected chi connectivity index (χ4v) is 3.99. The van der Waals surface area contributed by atoms with Crippen molar-refractivity contribution < 1.29 is 14.4 Å². The molecule has 0 bridgehead atoms. The molecule has 3 amide bonds. The molecule has 1 aromatic rings. The molecule has 1 aliphatic heterocycles. The summed E-state index contributed by atoms with van der Waals surface area (Å²) < 4.78 is 0. The second kappa shape index (κ2) is 11.0. The molecule has 0 aromatic heterocycles. The predicted octanol–water partition coefficient (Wildman–Crippen LogP) is 1.14. The van der Waals surface area contributed by atoms with Crippen LogP contribution in [0.25, 0.3) is 0 Å². The third kappa shape index (κ3) is 6.85. The summed E-state index contributed by atoms with van der Waals surface area (Å²) in [7, 11) is 0. The van der Waals surface area contributed by atoms with E-state index in [2.05, 4.69) is 15.5 Å². The first-order chi connectivity index (χ1) is 14.1. The van der Waals surface area contributed by atoms with Crippen molar-refractivity contribution in [1.82, 2.24) is 20.4 Å². The summed E-state index contributed by atoms with van der Waals surface area (Å²) in [5.41, 5.74) is 1.08. The Kier molecular flexibility index (Phi) is 8.04. The van der Waals surface area contributed by atoms with Crippen LogP contribution in [0, 0.1) is 5.92 Å². The van der Waals surface area contributed by atoms with E-state index < -0.39 is 0 Å². The lowest BCUT2D eigenvalue weighted by Gasteiger charge is -2.34. The van der Waals surface area contributed by atoms with E-state index in [4.69, 9.17) is 0 Å². The van der Waals surface area contributed by atoms with Crippen LogP contribution in [-0.4, -0.2) is 66.8 Å². The molecule has 29 heavy (non-hydrogen) atoms. The Balaban J connectivity index is 1.31. The Hall–Kier alpha value is -2.41. The minimum absolute atomic E-state index is 0.00613. The maximum atomic E-state index is 12.4. The van der Waals surface area contributed by atoms with Crippen LogP contribution in [0.15, 0.2) is 30.3 Å². The molecule has 0 atom stereocenters. The molecule has 0 radical (unpaired) electrons. The lowest BCUT2D eigenvalue weighted by atomic mass is 9.89. The van der Waals surface area contributed by atoms with Gasteiger partial charge in [0.2, 0.25) is 17.7 Å². The third-order valence-corrected chi connectivity index (χ3v) is 5.81. The number of hydrogen-bond acceptors (Lipinski definition) is 4. The van der Waals surface area contributed by atoms with Crippen LogP contribution in [0.1, 0.15) is 37.7 Å². The van der Waals surface area contributed by atoms with Crippen LogP contribution in [0.5, 0.6) is 0 Å². The molecule has 1 saturated carbocycles. The smallest absolute Gasteiger partial charge is 0.242 e. The Morgan fingerprint density at radius 3 is 2.28 bits per heavy atom. The van der Waals surface area contributed by atoms with Gasteiger partial charge in [-0.1, -0.05) is 49.6 Å². The van der Waals surface area contributed by atoms with Gasteiger partial charge >= 0.3 is 0 Å². The van der Waals surface area contributed by atoms with E-state index in [0.29, 0.717) is 39.3 Å². The SMILES string of the molecule is O=C(CN1CCN(C(=O)CNC(=O)C2CCCCC2)CC1)NCc1ccccc1. The minimum Gasteiger partial charge on any atom is -0.351 e. The second-order valence-corrected chi connectivity index (χ2v) is 7.97. The lowest BCUT2D eigenvalue weighted by Crippen LogP contribution is -2.53. The molecule has 3 rings (SSSR count). The molecule has 7 nitrogen and oxygen atoms in total. The molecular weight excluding hydrogens is 368 g/mol. The maximum Gasteiger partial charge on any atom is 0.242 e. The minimum atomic E-state index is -0.0395. The first-order valence-corrected chi connectivity index (χ1v) is 10.7. The van der Waals surface area contributed by atoms with E-state index in [1.165, 1.54) is 6.42 Å². The van der Waals surface area contributed by atoms with Crippen LogP contribution in [0.3, 0.4) is 0 Å². The summed E-state index contributed by atoms with van der Waals surface area (Å²) in [6, 6.07) is 9.83. The number of nitrogens with zero attached hydrogens (tertiary/aromatic N) is 2. The fraction of sp³-hybridized carbons (Fsp3) is 0.591. The van der Waals surface area contributed by atoms with Crippen LogP contribution in [0.4, 0.5) is 0 Å². The van der Waals surface area contributed by atoms with Crippen LogP contribution < -0.4 is 10.6 Å². The highest BCUT2D eigenvalue weighted by Gasteiger charge is 2.25. The highest BCUT2D eigenvalue weighted by Crippen LogP contribution is 2.23. The van der Waals surface area contributed by atoms with E-state index in [1.54, 1.807) is 4.90 Å². The average molecular weight is 401 g/mol. The Morgan fingerprint density at radius 2 is 1.59 bits per heavy atom. The molecule has 2 aliphatic rings. The van der Waals surface area contributed by atoms with Crippen molar-refractivity contribution in [2.75, 3.05) is 39.3 Å². The fourth-order valence-electron chi connectivity index (χ4n) is 3.99. The number of benzene rings is 1. The Morgan fingerprint density at radius 1 is 0.897 bits per heavy atom. The molecule has 2 fully saturated rings. The van der Waals surface area contributed by atoms with Crippen LogP contribution in [-0.2, 0) is 20.9 Å². The standard InChI is InChI=1S/C22H32N4O3/c27-20(23-15-18-7-3-1-4-8-18)17-25-11-13-26(14-12-25)21(28)16-24-22(29)19-9-5-2-6-10-19/h1,3-4,7-8,19H,2,5-6,9-17H2,(H,23,27)(H,24,29). The van der Waals surface area contributed by atoms with Gasteiger partial charge in [-0.25, -0.2) is 0 Å². The number of carbonyl (C=O) groups is 3. The molecule has 7 heteroatoms. The van der Waals surface area contributed by atoms with Crippen molar-refractivity contribution in [2.45, 2.75) is 38.6 Å². The second-order valence-electron chi connectivity index (χ2n) is 7.97. The van der Waals surface area contributed by atoms with E-state index in [-0.39, 0.29) is 30.2 Å². The number of hydrogen-bond donors (Lipinski definition) is 2. The summed E-state index contributed by atoms with van der Waals surface area (Å²) in [6.07, 6.45) is 5.28. The predicted molar refractivity (Wildman–Crippen MR) is 111 cm³/mol. The number of carbonyl (C=O) groups excluding carboxylic acids is 3. The average Bonchev–Trinajstić information content (AvgIpc) is 2.77. The zero-order valence-corrected chi connectivity index (χ0v) is 17.1. The summed E-state index contributed by atoms with van der Waals surface area (Å²) in [6.45, 7) is 3.45. The van der Waals surface area contributed by atoms with Gasteiger partial charge in [-0.05, 0) is 18.4 Å². The highest BCUT2D eigenvalue weighted by atomic mass is 16.2. The summed E-state index contributed by atoms with van der Waals surface area (Å²) in [5, 5.41) is 5.75. The van der Waals surface area contributed by atoms with Gasteiger partial charge in [-0.3, -0.25) is 19.3 Å². The molecule has 1 aromatic carbocycles. The monoisotopic (exact) mass is 400 g/mol. The van der Waals surface area contributed by atoms with Crippen molar-refractivity contribution in [2.24, 2.45) is 5.92 Å². The zero-order chi connectivity index (χ0) is 20.5. The topological polar surface area (TPSA) is 81.8 Å². The molecule has 0 spiro atoms. The zero-order valence-electron chi connectivity index (χ0n) is 17.1. The molecule has 0 unspecified atom stereocenters. The van der Waals surface area contributed by atoms with Crippen molar-refractivity contribution in [3.8, 4) is 0 Å². The van der Waals surface area contributed by atoms with Gasteiger partial charge in [0, 0.05) is 38.6 Å². The van der Waals surface area contributed by atoms with Gasteiger partial charge in [0.1, 0.15) is 0 Å². The first-order valence-electron chi connectivity index (χ1n) is 10.7. The van der Waals surface area contributed by atoms with Crippen LogP contribution >= 0.6 is 0 Å². The van der Waals surface area contributed by atoms with E-state index in [1.807, 2.05) is 30.3 Å². The molecule has 1 heterocycles. The van der Waals surface area contributed by atoms with Gasteiger partial charge in [0.05, 0.1) is 13.1 Å². The maximum absolute atomic E-state index is 12.4. The lowest BCUT2D eigenvalue weighted by molar-refractivity contribution is -0.135. The quantitative estimate of drug-likeness (QED) is 0.719. The highest BCUT2D eigenvalue weighted by molar-refractivity contribution is 5.86. The van der Waals surface area contributed by atoms with E-state index >= 15 is 0 Å². The number of nitrogens with one attached hydrogen (secondary N) is 2. The van der Waals surface area contributed by atoms with Gasteiger partial charge in [0.15, 0.2) is 0 Å². The van der Waals surface area contributed by atoms with Gasteiger partial charge in [-0.2, -0.15) is 0 Å². The number of piperazine rings is 1. The molecule has 158 valence electrons. The molecule has 2 N–H and O–H groups in total. The Bertz CT molecular complexity index is 681. The van der Waals surface area contributed by atoms with Gasteiger partial charge < -0.3 is 15.5 Å². The summed E-state index contributed by atoms with van der Waals surface area (Å²) in [4.78, 5) is 40.6. The molecule has 1 aliphatic carbocycles.